The molecule has 4 heteroatoms. The quantitative estimate of drug-likeness (QED) is 0.802. The Balaban J connectivity index is 0.000000185. The van der Waals surface area contributed by atoms with Crippen LogP contribution in [0.25, 0.3) is 5.65 Å². The first-order valence-electron chi connectivity index (χ1n) is 7.82. The number of benzene rings is 1. The van der Waals surface area contributed by atoms with Crippen LogP contribution in [-0.2, 0) is 6.42 Å². The lowest BCUT2D eigenvalue weighted by atomic mass is 10.1. The van der Waals surface area contributed by atoms with Gasteiger partial charge in [0, 0.05) is 17.6 Å². The molecule has 3 rings (SSSR count). The molecule has 0 saturated heterocycles. The van der Waals surface area contributed by atoms with E-state index in [-0.39, 0.29) is 0 Å². The molecule has 1 amide bonds. The molecular weight excluding hydrogens is 286 g/mol. The molecule has 120 valence electrons. The number of hydrogen-bond acceptors (Lipinski definition) is 2. The van der Waals surface area contributed by atoms with E-state index in [0.29, 0.717) is 11.2 Å². The topological polar surface area (TPSA) is 60.4 Å². The van der Waals surface area contributed by atoms with Crippen LogP contribution in [0.5, 0.6) is 0 Å². The average Bonchev–Trinajstić information content (AvgIpc) is 2.93. The highest BCUT2D eigenvalue weighted by Gasteiger charge is 2.10. The molecule has 0 unspecified atom stereocenters. The third kappa shape index (κ3) is 4.19. The first kappa shape index (κ1) is 16.7. The summed E-state index contributed by atoms with van der Waals surface area (Å²) in [7, 11) is 0. The van der Waals surface area contributed by atoms with Gasteiger partial charge in [0.05, 0.1) is 5.56 Å². The van der Waals surface area contributed by atoms with Gasteiger partial charge in [-0.3, -0.25) is 4.79 Å². The lowest BCUT2D eigenvalue weighted by Crippen LogP contribution is -2.11. The first-order valence-corrected chi connectivity index (χ1v) is 7.82. The van der Waals surface area contributed by atoms with E-state index in [1.165, 1.54) is 18.4 Å². The summed E-state index contributed by atoms with van der Waals surface area (Å²) in [5.74, 6) is -0.440. The van der Waals surface area contributed by atoms with Crippen molar-refractivity contribution in [3.05, 3.63) is 71.2 Å². The van der Waals surface area contributed by atoms with Crippen molar-refractivity contribution >= 4 is 11.6 Å². The van der Waals surface area contributed by atoms with Crippen molar-refractivity contribution in [1.82, 2.24) is 9.38 Å². The fourth-order valence-corrected chi connectivity index (χ4v) is 2.52. The Labute approximate surface area is 137 Å². The second-order valence-corrected chi connectivity index (χ2v) is 5.56. The Hall–Kier alpha value is -2.62. The molecule has 0 fully saturated rings. The van der Waals surface area contributed by atoms with Gasteiger partial charge in [0.1, 0.15) is 5.65 Å². The first-order chi connectivity index (χ1) is 11.0. The smallest absolute Gasteiger partial charge is 0.252 e. The van der Waals surface area contributed by atoms with Gasteiger partial charge in [-0.2, -0.15) is 0 Å². The normalized spacial score (nSPS) is 10.2. The van der Waals surface area contributed by atoms with Crippen molar-refractivity contribution in [2.45, 2.75) is 33.6 Å². The predicted octanol–water partition coefficient (Wildman–Crippen LogP) is 3.69. The highest BCUT2D eigenvalue weighted by atomic mass is 16.1. The second-order valence-electron chi connectivity index (χ2n) is 5.56. The van der Waals surface area contributed by atoms with Gasteiger partial charge in [0.2, 0.25) is 0 Å². The number of nitrogens with zero attached hydrogens (tertiary/aromatic N) is 2. The van der Waals surface area contributed by atoms with E-state index in [4.69, 9.17) is 5.73 Å². The Morgan fingerprint density at radius 3 is 2.48 bits per heavy atom. The summed E-state index contributed by atoms with van der Waals surface area (Å²) in [6, 6.07) is 14.2. The van der Waals surface area contributed by atoms with E-state index >= 15 is 0 Å². The number of carbonyl (C=O) groups excluding carboxylic acids is 1. The molecule has 0 spiro atoms. The zero-order valence-corrected chi connectivity index (χ0v) is 13.9. The molecule has 0 atom stereocenters. The monoisotopic (exact) mass is 309 g/mol. The number of aryl methyl sites for hydroxylation is 3. The Morgan fingerprint density at radius 2 is 1.87 bits per heavy atom. The molecule has 23 heavy (non-hydrogen) atoms. The van der Waals surface area contributed by atoms with Crippen LogP contribution < -0.4 is 5.73 Å². The van der Waals surface area contributed by atoms with Crippen molar-refractivity contribution in [1.29, 1.82) is 0 Å². The zero-order valence-electron chi connectivity index (χ0n) is 13.9. The summed E-state index contributed by atoms with van der Waals surface area (Å²) in [5.41, 5.74) is 9.71. The molecule has 0 aliphatic heterocycles. The van der Waals surface area contributed by atoms with Crippen molar-refractivity contribution in [3.63, 3.8) is 0 Å². The Morgan fingerprint density at radius 1 is 1.17 bits per heavy atom. The lowest BCUT2D eigenvalue weighted by Gasteiger charge is -2.02. The SMILES string of the molecule is CCCc1ccccc1.Cc1cc(C)n2ccc(C(N)=O)c2n1. The summed E-state index contributed by atoms with van der Waals surface area (Å²) >= 11 is 0. The van der Waals surface area contributed by atoms with Gasteiger partial charge >= 0.3 is 0 Å². The van der Waals surface area contributed by atoms with Gasteiger partial charge in [-0.05, 0) is 38.0 Å². The maximum absolute atomic E-state index is 11.1. The highest BCUT2D eigenvalue weighted by Crippen LogP contribution is 2.13. The van der Waals surface area contributed by atoms with Crippen molar-refractivity contribution in [3.8, 4) is 0 Å². The molecular formula is C19H23N3O. The molecule has 2 aromatic heterocycles. The van der Waals surface area contributed by atoms with Crippen molar-refractivity contribution < 1.29 is 4.79 Å². The number of aromatic nitrogens is 2. The number of rotatable bonds is 3. The maximum Gasteiger partial charge on any atom is 0.252 e. The minimum atomic E-state index is -0.440. The van der Waals surface area contributed by atoms with Crippen LogP contribution in [0.1, 0.15) is 40.7 Å². The number of amides is 1. The molecule has 0 saturated carbocycles. The minimum absolute atomic E-state index is 0.440. The number of carbonyl (C=O) groups is 1. The number of nitrogens with two attached hydrogens (primary N) is 1. The third-order valence-electron chi connectivity index (χ3n) is 3.59. The molecule has 0 radical (unpaired) electrons. The lowest BCUT2D eigenvalue weighted by molar-refractivity contribution is 0.100. The average molecular weight is 309 g/mol. The van der Waals surface area contributed by atoms with E-state index in [2.05, 4.69) is 42.2 Å². The summed E-state index contributed by atoms with van der Waals surface area (Å²) in [6.45, 7) is 6.06. The van der Waals surface area contributed by atoms with Crippen molar-refractivity contribution in [2.75, 3.05) is 0 Å². The molecule has 0 bridgehead atoms. The fraction of sp³-hybridized carbons (Fsp3) is 0.263. The van der Waals surface area contributed by atoms with Crippen LogP contribution in [0.15, 0.2) is 48.7 Å². The van der Waals surface area contributed by atoms with E-state index in [9.17, 15) is 4.79 Å². The molecule has 0 aliphatic carbocycles. The van der Waals surface area contributed by atoms with Crippen LogP contribution in [0.4, 0.5) is 0 Å². The molecule has 2 heterocycles. The third-order valence-corrected chi connectivity index (χ3v) is 3.59. The largest absolute Gasteiger partial charge is 0.365 e. The summed E-state index contributed by atoms with van der Waals surface area (Å²) in [4.78, 5) is 15.3. The Bertz CT molecular complexity index is 791. The van der Waals surface area contributed by atoms with Crippen LogP contribution in [0, 0.1) is 13.8 Å². The summed E-state index contributed by atoms with van der Waals surface area (Å²) < 4.78 is 1.85. The van der Waals surface area contributed by atoms with Crippen LogP contribution in [0.3, 0.4) is 0 Å². The standard InChI is InChI=1S/C10H11N3O.C9H12/c1-6-5-7(2)13-4-3-8(9(11)14)10(13)12-6;1-2-6-9-7-4-3-5-8-9/h3-5H,1-2H3,(H2,11,14);3-5,7-8H,2,6H2,1H3. The maximum atomic E-state index is 11.1. The molecule has 0 aliphatic rings. The molecule has 3 aromatic rings. The predicted molar refractivity (Wildman–Crippen MR) is 93.6 cm³/mol. The van der Waals surface area contributed by atoms with Crippen LogP contribution >= 0.6 is 0 Å². The number of fused-ring (bicyclic) bond motifs is 1. The van der Waals surface area contributed by atoms with E-state index in [1.54, 1.807) is 12.3 Å². The van der Waals surface area contributed by atoms with Crippen molar-refractivity contribution in [2.24, 2.45) is 5.73 Å². The van der Waals surface area contributed by atoms with Crippen LogP contribution in [0.2, 0.25) is 0 Å². The summed E-state index contributed by atoms with van der Waals surface area (Å²) in [6.07, 6.45) is 4.25. The fourth-order valence-electron chi connectivity index (χ4n) is 2.52. The molecule has 2 N–H and O–H groups in total. The van der Waals surface area contributed by atoms with Gasteiger partial charge in [-0.25, -0.2) is 4.98 Å². The zero-order chi connectivity index (χ0) is 16.8. The van der Waals surface area contributed by atoms with E-state index < -0.39 is 5.91 Å². The van der Waals surface area contributed by atoms with Gasteiger partial charge in [-0.15, -0.1) is 0 Å². The second kappa shape index (κ2) is 7.58. The molecule has 1 aromatic carbocycles. The van der Waals surface area contributed by atoms with Crippen LogP contribution in [-0.4, -0.2) is 15.3 Å². The van der Waals surface area contributed by atoms with E-state index in [0.717, 1.165) is 11.4 Å². The van der Waals surface area contributed by atoms with Gasteiger partial charge in [0.25, 0.3) is 5.91 Å². The van der Waals surface area contributed by atoms with E-state index in [1.807, 2.05) is 24.3 Å². The summed E-state index contributed by atoms with van der Waals surface area (Å²) in [5, 5.41) is 0. The Kier molecular flexibility index (Phi) is 5.52. The number of hydrogen-bond donors (Lipinski definition) is 1. The van der Waals surface area contributed by atoms with Gasteiger partial charge < -0.3 is 10.1 Å². The van der Waals surface area contributed by atoms with Gasteiger partial charge in [-0.1, -0.05) is 43.7 Å². The van der Waals surface area contributed by atoms with Gasteiger partial charge in [0.15, 0.2) is 0 Å². The minimum Gasteiger partial charge on any atom is -0.365 e. The molecule has 4 nitrogen and oxygen atoms in total. The number of primary amides is 1. The highest BCUT2D eigenvalue weighted by molar-refractivity contribution is 5.99.